The number of para-hydroxylation sites is 1. The number of nitrogens with two attached hydrogens (primary N) is 1. The summed E-state index contributed by atoms with van der Waals surface area (Å²) in [5.74, 6) is 0. The van der Waals surface area contributed by atoms with Gasteiger partial charge in [-0.2, -0.15) is 0 Å². The molecule has 0 saturated heterocycles. The quantitative estimate of drug-likeness (QED) is 0.464. The van der Waals surface area contributed by atoms with Crippen molar-refractivity contribution in [1.82, 2.24) is 0 Å². The monoisotopic (exact) mass is 221 g/mol. The Kier molecular flexibility index (Phi) is 2.46. The van der Waals surface area contributed by atoms with E-state index >= 15 is 0 Å². The average Bonchev–Trinajstić information content (AvgIpc) is 2.94. The molecule has 5 heteroatoms. The van der Waals surface area contributed by atoms with E-state index in [1.54, 1.807) is 18.2 Å². The Hall–Kier alpha value is -1.78. The highest BCUT2D eigenvalue weighted by molar-refractivity contribution is 5.74. The number of nitrogen functional groups attached to an aromatic ring is 1. The summed E-state index contributed by atoms with van der Waals surface area (Å²) in [4.78, 5) is 10.4. The van der Waals surface area contributed by atoms with E-state index in [0.717, 1.165) is 6.54 Å². The standard InChI is InChI=1S/C11H15N3O2/c1-11(5-6-11)7-13-9-4-2-3-8(12)10(9)14(15)16/h2-4,13H,5-7,12H2,1H3. The lowest BCUT2D eigenvalue weighted by molar-refractivity contribution is -0.383. The van der Waals surface area contributed by atoms with Crippen LogP contribution in [0.4, 0.5) is 17.1 Å². The van der Waals surface area contributed by atoms with Crippen LogP contribution in [0.1, 0.15) is 19.8 Å². The van der Waals surface area contributed by atoms with Crippen LogP contribution in [-0.4, -0.2) is 11.5 Å². The number of benzene rings is 1. The van der Waals surface area contributed by atoms with Gasteiger partial charge in [-0.1, -0.05) is 13.0 Å². The molecule has 1 aromatic rings. The molecule has 1 fully saturated rings. The van der Waals surface area contributed by atoms with Crippen LogP contribution >= 0.6 is 0 Å². The molecule has 0 unspecified atom stereocenters. The third kappa shape index (κ3) is 2.08. The number of nitro benzene ring substituents is 1. The third-order valence-corrected chi connectivity index (χ3v) is 3.06. The SMILES string of the molecule is CC1(CNc2cccc(N)c2[N+](=O)[O-])CC1. The molecule has 1 aliphatic rings. The molecule has 5 nitrogen and oxygen atoms in total. The smallest absolute Gasteiger partial charge is 0.314 e. The summed E-state index contributed by atoms with van der Waals surface area (Å²) in [6.07, 6.45) is 2.35. The number of rotatable bonds is 4. The number of hydrogen-bond donors (Lipinski definition) is 2. The van der Waals surface area contributed by atoms with Crippen molar-refractivity contribution in [3.8, 4) is 0 Å². The van der Waals surface area contributed by atoms with Gasteiger partial charge in [0.15, 0.2) is 0 Å². The summed E-state index contributed by atoms with van der Waals surface area (Å²) in [5.41, 5.74) is 6.59. The molecular weight excluding hydrogens is 206 g/mol. The second-order valence-electron chi connectivity index (χ2n) is 4.66. The Labute approximate surface area is 93.8 Å². The van der Waals surface area contributed by atoms with Gasteiger partial charge in [-0.25, -0.2) is 0 Å². The summed E-state index contributed by atoms with van der Waals surface area (Å²) >= 11 is 0. The Morgan fingerprint density at radius 2 is 2.25 bits per heavy atom. The van der Waals surface area contributed by atoms with Crippen molar-refractivity contribution < 1.29 is 4.92 Å². The Morgan fingerprint density at radius 3 is 2.81 bits per heavy atom. The van der Waals surface area contributed by atoms with E-state index in [0.29, 0.717) is 11.1 Å². The maximum atomic E-state index is 10.9. The molecule has 0 aromatic heterocycles. The molecule has 1 aliphatic carbocycles. The highest BCUT2D eigenvalue weighted by Gasteiger charge is 2.37. The molecule has 0 spiro atoms. The number of nitro groups is 1. The van der Waals surface area contributed by atoms with Gasteiger partial charge in [-0.3, -0.25) is 10.1 Å². The topological polar surface area (TPSA) is 81.2 Å². The largest absolute Gasteiger partial charge is 0.393 e. The number of nitrogens with one attached hydrogen (secondary N) is 1. The zero-order valence-corrected chi connectivity index (χ0v) is 9.19. The highest BCUT2D eigenvalue weighted by Crippen LogP contribution is 2.45. The van der Waals surface area contributed by atoms with E-state index in [9.17, 15) is 10.1 Å². The van der Waals surface area contributed by atoms with E-state index in [1.165, 1.54) is 12.8 Å². The van der Waals surface area contributed by atoms with Gasteiger partial charge in [-0.05, 0) is 30.4 Å². The summed E-state index contributed by atoms with van der Waals surface area (Å²) in [6, 6.07) is 4.96. The van der Waals surface area contributed by atoms with Crippen LogP contribution in [-0.2, 0) is 0 Å². The summed E-state index contributed by atoms with van der Waals surface area (Å²) in [7, 11) is 0. The predicted octanol–water partition coefficient (Wildman–Crippen LogP) is 2.39. The summed E-state index contributed by atoms with van der Waals surface area (Å²) in [5, 5.41) is 14.0. The summed E-state index contributed by atoms with van der Waals surface area (Å²) < 4.78 is 0. The highest BCUT2D eigenvalue weighted by atomic mass is 16.6. The molecular formula is C11H15N3O2. The van der Waals surface area contributed by atoms with Crippen LogP contribution in [0.15, 0.2) is 18.2 Å². The van der Waals surface area contributed by atoms with E-state index in [1.807, 2.05) is 0 Å². The number of anilines is 2. The van der Waals surface area contributed by atoms with Gasteiger partial charge in [0, 0.05) is 6.54 Å². The molecule has 0 radical (unpaired) electrons. The van der Waals surface area contributed by atoms with Crippen LogP contribution in [0.5, 0.6) is 0 Å². The van der Waals surface area contributed by atoms with Crippen LogP contribution in [0.25, 0.3) is 0 Å². The lowest BCUT2D eigenvalue weighted by Gasteiger charge is -2.12. The van der Waals surface area contributed by atoms with Gasteiger partial charge in [0.25, 0.3) is 0 Å². The van der Waals surface area contributed by atoms with Gasteiger partial charge in [0.05, 0.1) is 4.92 Å². The van der Waals surface area contributed by atoms with E-state index in [-0.39, 0.29) is 11.4 Å². The van der Waals surface area contributed by atoms with Gasteiger partial charge < -0.3 is 11.1 Å². The molecule has 0 atom stereocenters. The minimum Gasteiger partial charge on any atom is -0.393 e. The number of nitrogens with zero attached hydrogens (tertiary/aromatic N) is 1. The normalized spacial score (nSPS) is 16.8. The Bertz CT molecular complexity index is 427. The van der Waals surface area contributed by atoms with Crippen molar-refractivity contribution >= 4 is 17.1 Å². The van der Waals surface area contributed by atoms with Crippen molar-refractivity contribution in [3.63, 3.8) is 0 Å². The second-order valence-corrected chi connectivity index (χ2v) is 4.66. The van der Waals surface area contributed by atoms with Crippen LogP contribution in [0.2, 0.25) is 0 Å². The lowest BCUT2D eigenvalue weighted by Crippen LogP contribution is -2.13. The lowest BCUT2D eigenvalue weighted by atomic mass is 10.1. The fourth-order valence-electron chi connectivity index (χ4n) is 1.61. The third-order valence-electron chi connectivity index (χ3n) is 3.06. The molecule has 0 heterocycles. The first kappa shape index (κ1) is 10.7. The van der Waals surface area contributed by atoms with Crippen molar-refractivity contribution in [2.24, 2.45) is 5.41 Å². The second kappa shape index (κ2) is 3.66. The van der Waals surface area contributed by atoms with Crippen molar-refractivity contribution in [2.75, 3.05) is 17.6 Å². The van der Waals surface area contributed by atoms with E-state index in [4.69, 9.17) is 5.73 Å². The fourth-order valence-corrected chi connectivity index (χ4v) is 1.61. The van der Waals surface area contributed by atoms with E-state index < -0.39 is 4.92 Å². The predicted molar refractivity (Wildman–Crippen MR) is 63.3 cm³/mol. The molecule has 86 valence electrons. The van der Waals surface area contributed by atoms with Gasteiger partial charge in [-0.15, -0.1) is 0 Å². The molecule has 0 amide bonds. The molecule has 1 saturated carbocycles. The maximum absolute atomic E-state index is 10.9. The first-order valence-corrected chi connectivity index (χ1v) is 5.29. The molecule has 0 aliphatic heterocycles. The molecule has 3 N–H and O–H groups in total. The average molecular weight is 221 g/mol. The zero-order valence-electron chi connectivity index (χ0n) is 9.19. The van der Waals surface area contributed by atoms with Crippen LogP contribution in [0, 0.1) is 15.5 Å². The van der Waals surface area contributed by atoms with Gasteiger partial charge in [0.2, 0.25) is 0 Å². The molecule has 16 heavy (non-hydrogen) atoms. The molecule has 2 rings (SSSR count). The Morgan fingerprint density at radius 1 is 1.56 bits per heavy atom. The van der Waals surface area contributed by atoms with Crippen molar-refractivity contribution in [3.05, 3.63) is 28.3 Å². The van der Waals surface area contributed by atoms with Crippen molar-refractivity contribution in [1.29, 1.82) is 0 Å². The minimum absolute atomic E-state index is 0.0215. The molecule has 0 bridgehead atoms. The Balaban J connectivity index is 2.19. The number of hydrogen-bond acceptors (Lipinski definition) is 4. The molecule has 1 aromatic carbocycles. The van der Waals surface area contributed by atoms with Gasteiger partial charge in [0.1, 0.15) is 11.4 Å². The summed E-state index contributed by atoms with van der Waals surface area (Å²) in [6.45, 7) is 2.93. The van der Waals surface area contributed by atoms with E-state index in [2.05, 4.69) is 12.2 Å². The first-order valence-electron chi connectivity index (χ1n) is 5.29. The minimum atomic E-state index is -0.438. The van der Waals surface area contributed by atoms with Crippen LogP contribution in [0.3, 0.4) is 0 Å². The fraction of sp³-hybridized carbons (Fsp3) is 0.455. The maximum Gasteiger partial charge on any atom is 0.314 e. The zero-order chi connectivity index (χ0) is 11.8. The first-order chi connectivity index (χ1) is 7.52. The van der Waals surface area contributed by atoms with Gasteiger partial charge >= 0.3 is 5.69 Å². The van der Waals surface area contributed by atoms with Crippen molar-refractivity contribution in [2.45, 2.75) is 19.8 Å². The van der Waals surface area contributed by atoms with Crippen LogP contribution < -0.4 is 11.1 Å².